The van der Waals surface area contributed by atoms with Crippen LogP contribution in [0.2, 0.25) is 0 Å². The number of nitrogens with one attached hydrogen (secondary N) is 1. The average molecular weight is 292 g/mol. The first kappa shape index (κ1) is 14.4. The second kappa shape index (κ2) is 5.56. The maximum absolute atomic E-state index is 11.5. The van der Waals surface area contributed by atoms with E-state index in [4.69, 9.17) is 5.14 Å². The Morgan fingerprint density at radius 1 is 1.30 bits per heavy atom. The first-order valence-corrected chi connectivity index (χ1v) is 7.59. The molecule has 6 nitrogen and oxygen atoms in total. The van der Waals surface area contributed by atoms with Crippen molar-refractivity contribution < 1.29 is 8.42 Å². The average Bonchev–Trinajstić information content (AvgIpc) is 2.40. The van der Waals surface area contributed by atoms with Crippen LogP contribution in [0.1, 0.15) is 24.2 Å². The van der Waals surface area contributed by atoms with Gasteiger partial charge in [0.05, 0.1) is 22.8 Å². The summed E-state index contributed by atoms with van der Waals surface area (Å²) in [6, 6.07) is 4.84. The van der Waals surface area contributed by atoms with Crippen LogP contribution < -0.4 is 10.5 Å². The molecule has 0 spiro atoms. The minimum absolute atomic E-state index is 0.0990. The standard InChI is InChI=1S/C13H16N4O2S/c1-9-11(4-3-5-13(9)20(14,18)19)17-10(2)12-8-15-6-7-16-12/h3-8,10,17H,1-2H3,(H2,14,18,19). The van der Waals surface area contributed by atoms with E-state index in [1.165, 1.54) is 6.07 Å². The van der Waals surface area contributed by atoms with Gasteiger partial charge in [0.2, 0.25) is 10.0 Å². The van der Waals surface area contributed by atoms with Crippen molar-refractivity contribution in [3.05, 3.63) is 48.0 Å². The predicted molar refractivity (Wildman–Crippen MR) is 76.6 cm³/mol. The van der Waals surface area contributed by atoms with Crippen LogP contribution in [0.25, 0.3) is 0 Å². The molecule has 106 valence electrons. The van der Waals surface area contributed by atoms with Crippen LogP contribution in [0.15, 0.2) is 41.7 Å². The highest BCUT2D eigenvalue weighted by Crippen LogP contribution is 2.25. The van der Waals surface area contributed by atoms with Crippen LogP contribution in [-0.2, 0) is 10.0 Å². The number of rotatable bonds is 4. The SMILES string of the molecule is Cc1c(NC(C)c2cnccn2)cccc1S(N)(=O)=O. The summed E-state index contributed by atoms with van der Waals surface area (Å²) < 4.78 is 23.0. The molecule has 0 saturated carbocycles. The van der Waals surface area contributed by atoms with Crippen LogP contribution in [-0.4, -0.2) is 18.4 Å². The maximum atomic E-state index is 11.5. The van der Waals surface area contributed by atoms with E-state index in [1.807, 2.05) is 6.92 Å². The van der Waals surface area contributed by atoms with Gasteiger partial charge in [-0.2, -0.15) is 0 Å². The third-order valence-electron chi connectivity index (χ3n) is 2.99. The number of benzene rings is 1. The minimum Gasteiger partial charge on any atom is -0.377 e. The first-order chi connectivity index (χ1) is 9.39. The molecule has 20 heavy (non-hydrogen) atoms. The van der Waals surface area contributed by atoms with Crippen LogP contribution in [0.5, 0.6) is 0 Å². The Morgan fingerprint density at radius 2 is 2.05 bits per heavy atom. The highest BCUT2D eigenvalue weighted by atomic mass is 32.2. The molecule has 0 fully saturated rings. The molecule has 0 aliphatic carbocycles. The molecule has 7 heteroatoms. The van der Waals surface area contributed by atoms with Crippen LogP contribution in [0.3, 0.4) is 0 Å². The van der Waals surface area contributed by atoms with Gasteiger partial charge in [-0.15, -0.1) is 0 Å². The quantitative estimate of drug-likeness (QED) is 0.892. The van der Waals surface area contributed by atoms with Gasteiger partial charge < -0.3 is 5.32 Å². The second-order valence-electron chi connectivity index (χ2n) is 4.47. The van der Waals surface area contributed by atoms with Crippen molar-refractivity contribution in [2.45, 2.75) is 24.8 Å². The topological polar surface area (TPSA) is 98.0 Å². The Labute approximate surface area is 118 Å². The van der Waals surface area contributed by atoms with Crippen molar-refractivity contribution in [2.75, 3.05) is 5.32 Å². The number of aromatic nitrogens is 2. The molecule has 1 unspecified atom stereocenters. The van der Waals surface area contributed by atoms with Crippen molar-refractivity contribution in [3.63, 3.8) is 0 Å². The molecule has 3 N–H and O–H groups in total. The Morgan fingerprint density at radius 3 is 2.65 bits per heavy atom. The minimum atomic E-state index is -3.72. The number of anilines is 1. The number of primary sulfonamides is 1. The van der Waals surface area contributed by atoms with Crippen LogP contribution in [0, 0.1) is 6.92 Å². The normalized spacial score (nSPS) is 12.9. The molecule has 1 aromatic heterocycles. The van der Waals surface area contributed by atoms with Crippen molar-refractivity contribution in [1.29, 1.82) is 0 Å². The summed E-state index contributed by atoms with van der Waals surface area (Å²) in [7, 11) is -3.72. The van der Waals surface area contributed by atoms with Gasteiger partial charge in [-0.25, -0.2) is 13.6 Å². The van der Waals surface area contributed by atoms with Gasteiger partial charge in [-0.05, 0) is 31.5 Å². The lowest BCUT2D eigenvalue weighted by Gasteiger charge is -2.17. The van der Waals surface area contributed by atoms with E-state index in [0.717, 1.165) is 5.69 Å². The molecule has 1 atom stereocenters. The number of sulfonamides is 1. The maximum Gasteiger partial charge on any atom is 0.238 e. The van der Waals surface area contributed by atoms with Crippen molar-refractivity contribution in [2.24, 2.45) is 5.14 Å². The van der Waals surface area contributed by atoms with E-state index >= 15 is 0 Å². The van der Waals surface area contributed by atoms with Gasteiger partial charge in [-0.1, -0.05) is 6.07 Å². The molecule has 0 aliphatic rings. The third-order valence-corrected chi connectivity index (χ3v) is 4.04. The summed E-state index contributed by atoms with van der Waals surface area (Å²) in [6.07, 6.45) is 4.88. The summed E-state index contributed by atoms with van der Waals surface area (Å²) in [5.74, 6) is 0. The van der Waals surface area contributed by atoms with Gasteiger partial charge in [0.25, 0.3) is 0 Å². The Kier molecular flexibility index (Phi) is 4.01. The highest BCUT2D eigenvalue weighted by molar-refractivity contribution is 7.89. The Balaban J connectivity index is 2.31. The molecular weight excluding hydrogens is 276 g/mol. The fourth-order valence-electron chi connectivity index (χ4n) is 1.92. The molecule has 0 amide bonds. The van der Waals surface area contributed by atoms with E-state index in [2.05, 4.69) is 15.3 Å². The lowest BCUT2D eigenvalue weighted by molar-refractivity contribution is 0.597. The molecule has 0 saturated heterocycles. The fourth-order valence-corrected chi connectivity index (χ4v) is 2.73. The van der Waals surface area contributed by atoms with Gasteiger partial charge in [0, 0.05) is 18.1 Å². The lowest BCUT2D eigenvalue weighted by Crippen LogP contribution is -2.15. The zero-order chi connectivity index (χ0) is 14.8. The Hall–Kier alpha value is -1.99. The van der Waals surface area contributed by atoms with Crippen molar-refractivity contribution in [3.8, 4) is 0 Å². The lowest BCUT2D eigenvalue weighted by atomic mass is 10.1. The molecule has 1 heterocycles. The van der Waals surface area contributed by atoms with Crippen LogP contribution >= 0.6 is 0 Å². The zero-order valence-corrected chi connectivity index (χ0v) is 12.1. The number of nitrogens with two attached hydrogens (primary N) is 1. The van der Waals surface area contributed by atoms with E-state index in [-0.39, 0.29) is 10.9 Å². The zero-order valence-electron chi connectivity index (χ0n) is 11.2. The van der Waals surface area contributed by atoms with Gasteiger partial charge in [-0.3, -0.25) is 9.97 Å². The summed E-state index contributed by atoms with van der Waals surface area (Å²) in [5.41, 5.74) is 2.06. The summed E-state index contributed by atoms with van der Waals surface area (Å²) in [5, 5.41) is 8.41. The third kappa shape index (κ3) is 3.12. The summed E-state index contributed by atoms with van der Waals surface area (Å²) in [6.45, 7) is 3.64. The monoisotopic (exact) mass is 292 g/mol. The van der Waals surface area contributed by atoms with Gasteiger partial charge >= 0.3 is 0 Å². The Bertz CT molecular complexity index is 702. The van der Waals surface area contributed by atoms with Crippen molar-refractivity contribution >= 4 is 15.7 Å². The summed E-state index contributed by atoms with van der Waals surface area (Å²) in [4.78, 5) is 8.34. The van der Waals surface area contributed by atoms with E-state index in [0.29, 0.717) is 11.3 Å². The van der Waals surface area contributed by atoms with E-state index in [9.17, 15) is 8.42 Å². The largest absolute Gasteiger partial charge is 0.377 e. The second-order valence-corrected chi connectivity index (χ2v) is 6.00. The molecule has 2 aromatic rings. The number of nitrogens with zero attached hydrogens (tertiary/aromatic N) is 2. The molecule has 2 rings (SSSR count). The molecule has 0 bridgehead atoms. The molecule has 0 radical (unpaired) electrons. The molecule has 1 aromatic carbocycles. The summed E-state index contributed by atoms with van der Waals surface area (Å²) >= 11 is 0. The van der Waals surface area contributed by atoms with Crippen LogP contribution in [0.4, 0.5) is 5.69 Å². The van der Waals surface area contributed by atoms with E-state index in [1.54, 1.807) is 37.6 Å². The highest BCUT2D eigenvalue weighted by Gasteiger charge is 2.15. The molecule has 0 aliphatic heterocycles. The first-order valence-electron chi connectivity index (χ1n) is 6.04. The van der Waals surface area contributed by atoms with Gasteiger partial charge in [0.1, 0.15) is 0 Å². The molecular formula is C13H16N4O2S. The fraction of sp³-hybridized carbons (Fsp3) is 0.231. The smallest absolute Gasteiger partial charge is 0.238 e. The predicted octanol–water partition coefficient (Wildman–Crippen LogP) is 1.61. The van der Waals surface area contributed by atoms with Crippen molar-refractivity contribution in [1.82, 2.24) is 9.97 Å². The van der Waals surface area contributed by atoms with E-state index < -0.39 is 10.0 Å². The van der Waals surface area contributed by atoms with Gasteiger partial charge in [0.15, 0.2) is 0 Å². The number of hydrogen-bond donors (Lipinski definition) is 2. The number of hydrogen-bond acceptors (Lipinski definition) is 5.